The Morgan fingerprint density at radius 2 is 1.94 bits per heavy atom. The Morgan fingerprint density at radius 1 is 1.28 bits per heavy atom. The Bertz CT molecular complexity index is 757. The van der Waals surface area contributed by atoms with Crippen molar-refractivity contribution in [2.45, 2.75) is 13.3 Å². The van der Waals surface area contributed by atoms with Gasteiger partial charge < -0.3 is 0 Å². The number of hydrogen-bond acceptors (Lipinski definition) is 5. The molecule has 7 heteroatoms. The van der Waals surface area contributed by atoms with Gasteiger partial charge in [-0.2, -0.15) is 0 Å². The van der Waals surface area contributed by atoms with Crippen molar-refractivity contribution in [1.82, 2.24) is 19.1 Å². The molecule has 0 aliphatic heterocycles. The van der Waals surface area contributed by atoms with Gasteiger partial charge in [-0.15, -0.1) is 0 Å². The maximum atomic E-state index is 11.9. The molecule has 0 saturated carbocycles. The third-order valence-electron chi connectivity index (χ3n) is 2.76. The molecule has 0 atom stereocenters. The number of carbonyl (C=O) groups excluding carboxylic acids is 1. The molecule has 7 nitrogen and oxygen atoms in total. The van der Waals surface area contributed by atoms with Gasteiger partial charge in [-0.3, -0.25) is 18.7 Å². The molecule has 0 aromatic carbocycles. The van der Waals surface area contributed by atoms with Crippen LogP contribution >= 0.6 is 0 Å². The molecule has 2 aromatic heterocycles. The van der Waals surface area contributed by atoms with Gasteiger partial charge in [0.25, 0.3) is 5.56 Å². The molecule has 2 rings (SSSR count). The topological polar surface area (TPSA) is 86.8 Å². The number of aromatic nitrogens is 4. The maximum Gasteiger partial charge on any atom is 0.332 e. The summed E-state index contributed by atoms with van der Waals surface area (Å²) >= 11 is 0. The second-order valence-electron chi connectivity index (χ2n) is 3.91. The molecular weight excluding hydrogens is 236 g/mol. The molecule has 0 fully saturated rings. The first kappa shape index (κ1) is 12.2. The Balaban J connectivity index is 2.91. The number of rotatable bonds is 2. The van der Waals surface area contributed by atoms with Crippen LogP contribution in [-0.4, -0.2) is 24.9 Å². The molecule has 0 saturated heterocycles. The summed E-state index contributed by atoms with van der Waals surface area (Å²) in [5.41, 5.74) is -0.682. The number of ketones is 1. The van der Waals surface area contributed by atoms with E-state index in [2.05, 4.69) is 9.97 Å². The highest BCUT2D eigenvalue weighted by molar-refractivity contribution is 5.94. The Morgan fingerprint density at radius 3 is 2.56 bits per heavy atom. The summed E-state index contributed by atoms with van der Waals surface area (Å²) in [5.74, 6) is -0.194. The van der Waals surface area contributed by atoms with Crippen LogP contribution < -0.4 is 11.2 Å². The molecule has 0 spiro atoms. The van der Waals surface area contributed by atoms with Crippen LogP contribution in [0.1, 0.15) is 23.8 Å². The highest BCUT2D eigenvalue weighted by Crippen LogP contribution is 2.04. The first-order chi connectivity index (χ1) is 8.47. The first-order valence-corrected chi connectivity index (χ1v) is 5.43. The fourth-order valence-corrected chi connectivity index (χ4v) is 1.65. The average Bonchev–Trinajstić information content (AvgIpc) is 2.41. The number of fused-ring (bicyclic) bond motifs is 1. The zero-order valence-electron chi connectivity index (χ0n) is 10.3. The number of carbonyl (C=O) groups is 1. The fraction of sp³-hybridized carbons (Fsp3) is 0.364. The van der Waals surface area contributed by atoms with Crippen LogP contribution in [0, 0.1) is 0 Å². The van der Waals surface area contributed by atoms with Crippen molar-refractivity contribution in [3.8, 4) is 0 Å². The van der Waals surface area contributed by atoms with E-state index >= 15 is 0 Å². The van der Waals surface area contributed by atoms with E-state index < -0.39 is 11.2 Å². The molecule has 0 aliphatic rings. The van der Waals surface area contributed by atoms with Gasteiger partial charge in [-0.25, -0.2) is 14.8 Å². The summed E-state index contributed by atoms with van der Waals surface area (Å²) in [7, 11) is 2.86. The summed E-state index contributed by atoms with van der Waals surface area (Å²) in [6, 6.07) is 0. The molecule has 0 aliphatic carbocycles. The lowest BCUT2D eigenvalue weighted by molar-refractivity contribution is 0.0983. The largest absolute Gasteiger partial charge is 0.332 e. The fourth-order valence-electron chi connectivity index (χ4n) is 1.65. The Kier molecular flexibility index (Phi) is 2.82. The highest BCUT2D eigenvalue weighted by Gasteiger charge is 2.13. The summed E-state index contributed by atoms with van der Waals surface area (Å²) in [6.07, 6.45) is 1.57. The van der Waals surface area contributed by atoms with E-state index in [1.54, 1.807) is 6.92 Å². The number of aryl methyl sites for hydroxylation is 1. The van der Waals surface area contributed by atoms with Crippen molar-refractivity contribution >= 4 is 16.9 Å². The summed E-state index contributed by atoms with van der Waals surface area (Å²) in [6.45, 7) is 1.70. The minimum absolute atomic E-state index is 0.0268. The van der Waals surface area contributed by atoms with E-state index in [0.29, 0.717) is 0 Å². The van der Waals surface area contributed by atoms with Gasteiger partial charge in [0.1, 0.15) is 5.69 Å². The quantitative estimate of drug-likeness (QED) is 0.676. The maximum absolute atomic E-state index is 11.9. The number of Topliss-reactive ketones (excluding diaryl/α,β-unsaturated/α-hetero) is 1. The van der Waals surface area contributed by atoms with Crippen LogP contribution in [0.3, 0.4) is 0 Å². The number of nitrogens with zero attached hydrogens (tertiary/aromatic N) is 4. The van der Waals surface area contributed by atoms with Gasteiger partial charge in [0, 0.05) is 20.5 Å². The van der Waals surface area contributed by atoms with Crippen LogP contribution in [0.25, 0.3) is 11.2 Å². The van der Waals surface area contributed by atoms with E-state index in [9.17, 15) is 14.4 Å². The first-order valence-electron chi connectivity index (χ1n) is 5.43. The third kappa shape index (κ3) is 1.64. The van der Waals surface area contributed by atoms with Crippen molar-refractivity contribution in [1.29, 1.82) is 0 Å². The highest BCUT2D eigenvalue weighted by atomic mass is 16.2. The van der Waals surface area contributed by atoms with Crippen LogP contribution in [0.2, 0.25) is 0 Å². The minimum atomic E-state index is -0.550. The lowest BCUT2D eigenvalue weighted by atomic mass is 10.2. The molecule has 0 bridgehead atoms. The van der Waals surface area contributed by atoms with Gasteiger partial charge >= 0.3 is 5.69 Å². The predicted octanol–water partition coefficient (Wildman–Crippen LogP) is -0.380. The zero-order valence-corrected chi connectivity index (χ0v) is 10.3. The van der Waals surface area contributed by atoms with E-state index in [1.165, 1.54) is 24.9 Å². The van der Waals surface area contributed by atoms with Crippen LogP contribution in [0.15, 0.2) is 15.8 Å². The van der Waals surface area contributed by atoms with Crippen molar-refractivity contribution in [3.05, 3.63) is 32.7 Å². The van der Waals surface area contributed by atoms with Gasteiger partial charge in [0.15, 0.2) is 16.9 Å². The molecule has 18 heavy (non-hydrogen) atoms. The third-order valence-corrected chi connectivity index (χ3v) is 2.76. The Labute approximate surface area is 102 Å². The van der Waals surface area contributed by atoms with Crippen LogP contribution in [0.4, 0.5) is 0 Å². The van der Waals surface area contributed by atoms with E-state index in [0.717, 1.165) is 4.57 Å². The summed E-state index contributed by atoms with van der Waals surface area (Å²) in [4.78, 5) is 43.1. The van der Waals surface area contributed by atoms with Crippen LogP contribution in [0.5, 0.6) is 0 Å². The van der Waals surface area contributed by atoms with Crippen molar-refractivity contribution < 1.29 is 4.79 Å². The number of hydrogen-bond donors (Lipinski definition) is 0. The molecular formula is C11H12N4O3. The monoisotopic (exact) mass is 248 g/mol. The molecule has 0 amide bonds. The Hall–Kier alpha value is -2.31. The van der Waals surface area contributed by atoms with Gasteiger partial charge in [-0.05, 0) is 0 Å². The van der Waals surface area contributed by atoms with Crippen molar-refractivity contribution in [2.24, 2.45) is 14.1 Å². The summed E-state index contributed by atoms with van der Waals surface area (Å²) in [5, 5.41) is 0. The molecule has 0 radical (unpaired) electrons. The van der Waals surface area contributed by atoms with Gasteiger partial charge in [0.05, 0.1) is 6.20 Å². The predicted molar refractivity (Wildman–Crippen MR) is 64.6 cm³/mol. The van der Waals surface area contributed by atoms with Crippen molar-refractivity contribution in [2.75, 3.05) is 0 Å². The second kappa shape index (κ2) is 4.17. The van der Waals surface area contributed by atoms with Crippen molar-refractivity contribution in [3.63, 3.8) is 0 Å². The molecule has 94 valence electrons. The lowest BCUT2D eigenvalue weighted by Gasteiger charge is -2.06. The molecule has 2 heterocycles. The summed E-state index contributed by atoms with van der Waals surface area (Å²) < 4.78 is 2.17. The van der Waals surface area contributed by atoms with Crippen LogP contribution in [-0.2, 0) is 14.1 Å². The molecule has 0 unspecified atom stereocenters. The second-order valence-corrected chi connectivity index (χ2v) is 3.91. The average molecular weight is 248 g/mol. The lowest BCUT2D eigenvalue weighted by Crippen LogP contribution is -2.37. The standard InChI is InChI=1S/C11H12N4O3/c1-4-7(16)6-5-12-9-8(13-6)10(17)15(3)11(18)14(9)2/h5H,4H2,1-3H3. The minimum Gasteiger partial charge on any atom is -0.292 e. The molecule has 0 N–H and O–H groups in total. The smallest absolute Gasteiger partial charge is 0.292 e. The normalized spacial score (nSPS) is 10.8. The van der Waals surface area contributed by atoms with E-state index in [-0.39, 0.29) is 29.1 Å². The zero-order chi connectivity index (χ0) is 13.4. The van der Waals surface area contributed by atoms with E-state index in [1.807, 2.05) is 0 Å². The van der Waals surface area contributed by atoms with E-state index in [4.69, 9.17) is 0 Å². The van der Waals surface area contributed by atoms with Gasteiger partial charge in [-0.1, -0.05) is 6.92 Å². The molecule has 2 aromatic rings. The van der Waals surface area contributed by atoms with Gasteiger partial charge in [0.2, 0.25) is 0 Å². The SMILES string of the molecule is CCC(=O)c1cnc2c(n1)c(=O)n(C)c(=O)n2C.